The van der Waals surface area contributed by atoms with Crippen molar-refractivity contribution in [2.24, 2.45) is 5.73 Å². The average Bonchev–Trinajstić information content (AvgIpc) is 2.12. The molecule has 0 amide bonds. The maximum atomic E-state index is 5.54. The molecule has 0 unspecified atom stereocenters. The number of ether oxygens (including phenoxy) is 1. The van der Waals surface area contributed by atoms with Crippen LogP contribution in [0.15, 0.2) is 12.1 Å². The van der Waals surface area contributed by atoms with Crippen LogP contribution < -0.4 is 10.5 Å². The summed E-state index contributed by atoms with van der Waals surface area (Å²) in [6, 6.07) is 3.68. The molecule has 0 saturated heterocycles. The van der Waals surface area contributed by atoms with E-state index in [9.17, 15) is 0 Å². The van der Waals surface area contributed by atoms with Crippen LogP contribution in [0.1, 0.15) is 25.0 Å². The summed E-state index contributed by atoms with van der Waals surface area (Å²) in [6.07, 6.45) is 3.90. The largest absolute Gasteiger partial charge is 0.473 e. The molecule has 1 aromatic heterocycles. The number of aromatic nitrogens is 2. The van der Waals surface area contributed by atoms with Crippen molar-refractivity contribution in [3.05, 3.63) is 17.8 Å². The van der Waals surface area contributed by atoms with E-state index in [1.165, 1.54) is 6.42 Å². The summed E-state index contributed by atoms with van der Waals surface area (Å²) in [5, 5.41) is 7.83. The van der Waals surface area contributed by atoms with Crippen molar-refractivity contribution in [1.29, 1.82) is 0 Å². The first-order chi connectivity index (χ1) is 6.38. The molecule has 4 nitrogen and oxygen atoms in total. The van der Waals surface area contributed by atoms with Crippen LogP contribution in [0.2, 0.25) is 0 Å². The van der Waals surface area contributed by atoms with Crippen molar-refractivity contribution in [3.63, 3.8) is 0 Å². The van der Waals surface area contributed by atoms with Gasteiger partial charge < -0.3 is 10.5 Å². The Labute approximate surface area is 77.1 Å². The molecule has 0 aliphatic heterocycles. The number of nitrogens with two attached hydrogens (primary N) is 1. The quantitative estimate of drug-likeness (QED) is 0.747. The fourth-order valence-corrected chi connectivity index (χ4v) is 1.18. The highest BCUT2D eigenvalue weighted by molar-refractivity contribution is 5.11. The molecule has 4 heteroatoms. The lowest BCUT2D eigenvalue weighted by Gasteiger charge is -2.25. The third-order valence-electron chi connectivity index (χ3n) is 2.24. The number of nitrogens with zero attached hydrogens (tertiary/aromatic N) is 2. The summed E-state index contributed by atoms with van der Waals surface area (Å²) in [5.41, 5.74) is 6.19. The summed E-state index contributed by atoms with van der Waals surface area (Å²) in [6.45, 7) is 0.427. The predicted molar refractivity (Wildman–Crippen MR) is 48.2 cm³/mol. The van der Waals surface area contributed by atoms with Crippen LogP contribution in [-0.4, -0.2) is 16.3 Å². The standard InChI is InChI=1S/C9H13N3O/c10-6-7-4-5-9(12-11-7)13-8-2-1-3-8/h4-5,8H,1-3,6,10H2. The van der Waals surface area contributed by atoms with Gasteiger partial charge in [-0.3, -0.25) is 0 Å². The van der Waals surface area contributed by atoms with Crippen molar-refractivity contribution in [2.75, 3.05) is 0 Å². The maximum Gasteiger partial charge on any atom is 0.233 e. The molecule has 1 aliphatic carbocycles. The Morgan fingerprint density at radius 1 is 1.38 bits per heavy atom. The summed E-state index contributed by atoms with van der Waals surface area (Å²) < 4.78 is 5.54. The van der Waals surface area contributed by atoms with E-state index < -0.39 is 0 Å². The van der Waals surface area contributed by atoms with E-state index in [2.05, 4.69) is 10.2 Å². The summed E-state index contributed by atoms with van der Waals surface area (Å²) in [5.74, 6) is 0.613. The van der Waals surface area contributed by atoms with Crippen LogP contribution >= 0.6 is 0 Å². The van der Waals surface area contributed by atoms with Gasteiger partial charge in [0.05, 0.1) is 5.69 Å². The van der Waals surface area contributed by atoms with E-state index in [1.54, 1.807) is 0 Å². The molecule has 2 rings (SSSR count). The molecule has 2 N–H and O–H groups in total. The lowest BCUT2D eigenvalue weighted by molar-refractivity contribution is 0.113. The molecular weight excluding hydrogens is 166 g/mol. The lowest BCUT2D eigenvalue weighted by Crippen LogP contribution is -2.25. The Bertz CT molecular complexity index is 269. The number of hydrogen-bond donors (Lipinski definition) is 1. The highest BCUT2D eigenvalue weighted by Crippen LogP contribution is 2.23. The van der Waals surface area contributed by atoms with Gasteiger partial charge in [0.1, 0.15) is 6.10 Å². The van der Waals surface area contributed by atoms with Crippen molar-refractivity contribution in [3.8, 4) is 5.88 Å². The van der Waals surface area contributed by atoms with Crippen LogP contribution in [-0.2, 0) is 6.54 Å². The zero-order valence-corrected chi connectivity index (χ0v) is 7.44. The molecule has 70 valence electrons. The van der Waals surface area contributed by atoms with E-state index in [1.807, 2.05) is 12.1 Å². The molecule has 1 aromatic rings. The van der Waals surface area contributed by atoms with Crippen LogP contribution in [0.3, 0.4) is 0 Å². The Kier molecular flexibility index (Phi) is 2.40. The first-order valence-corrected chi connectivity index (χ1v) is 4.58. The van der Waals surface area contributed by atoms with Crippen molar-refractivity contribution < 1.29 is 4.74 Å². The van der Waals surface area contributed by atoms with E-state index in [-0.39, 0.29) is 0 Å². The molecule has 0 bridgehead atoms. The first kappa shape index (κ1) is 8.44. The highest BCUT2D eigenvalue weighted by atomic mass is 16.5. The molecule has 1 fully saturated rings. The Morgan fingerprint density at radius 3 is 2.69 bits per heavy atom. The summed E-state index contributed by atoms with van der Waals surface area (Å²) in [7, 11) is 0. The van der Waals surface area contributed by atoms with Crippen LogP contribution in [0.4, 0.5) is 0 Å². The van der Waals surface area contributed by atoms with E-state index in [4.69, 9.17) is 10.5 Å². The Hall–Kier alpha value is -1.16. The van der Waals surface area contributed by atoms with Gasteiger partial charge in [0.15, 0.2) is 0 Å². The molecule has 0 radical (unpaired) electrons. The zero-order chi connectivity index (χ0) is 9.10. The van der Waals surface area contributed by atoms with Crippen LogP contribution in [0.25, 0.3) is 0 Å². The van der Waals surface area contributed by atoms with Gasteiger partial charge >= 0.3 is 0 Å². The minimum Gasteiger partial charge on any atom is -0.473 e. The smallest absolute Gasteiger partial charge is 0.233 e. The Morgan fingerprint density at radius 2 is 2.23 bits per heavy atom. The monoisotopic (exact) mass is 179 g/mol. The highest BCUT2D eigenvalue weighted by Gasteiger charge is 2.19. The van der Waals surface area contributed by atoms with E-state index in [0.29, 0.717) is 18.5 Å². The van der Waals surface area contributed by atoms with Gasteiger partial charge in [-0.2, -0.15) is 5.10 Å². The fraction of sp³-hybridized carbons (Fsp3) is 0.556. The summed E-state index contributed by atoms with van der Waals surface area (Å²) >= 11 is 0. The van der Waals surface area contributed by atoms with Crippen molar-refractivity contribution in [2.45, 2.75) is 31.9 Å². The molecule has 0 aromatic carbocycles. The average molecular weight is 179 g/mol. The molecular formula is C9H13N3O. The minimum absolute atomic E-state index is 0.359. The van der Waals surface area contributed by atoms with Gasteiger partial charge in [0.25, 0.3) is 0 Å². The molecule has 1 heterocycles. The third kappa shape index (κ3) is 1.95. The SMILES string of the molecule is NCc1ccc(OC2CCC2)nn1. The van der Waals surface area contributed by atoms with Crippen molar-refractivity contribution in [1.82, 2.24) is 10.2 Å². The summed E-state index contributed by atoms with van der Waals surface area (Å²) in [4.78, 5) is 0. The minimum atomic E-state index is 0.359. The first-order valence-electron chi connectivity index (χ1n) is 4.58. The Balaban J connectivity index is 1.96. The molecule has 1 saturated carbocycles. The number of hydrogen-bond acceptors (Lipinski definition) is 4. The normalized spacial score (nSPS) is 16.7. The maximum absolute atomic E-state index is 5.54. The fourth-order valence-electron chi connectivity index (χ4n) is 1.18. The molecule has 0 spiro atoms. The van der Waals surface area contributed by atoms with E-state index in [0.717, 1.165) is 18.5 Å². The second kappa shape index (κ2) is 3.70. The second-order valence-corrected chi connectivity index (χ2v) is 3.24. The predicted octanol–water partition coefficient (Wildman–Crippen LogP) is 0.867. The lowest BCUT2D eigenvalue weighted by atomic mass is 9.96. The van der Waals surface area contributed by atoms with Gasteiger partial charge in [-0.25, -0.2) is 0 Å². The van der Waals surface area contributed by atoms with Gasteiger partial charge in [-0.05, 0) is 25.3 Å². The number of rotatable bonds is 3. The molecule has 1 aliphatic rings. The van der Waals surface area contributed by atoms with Gasteiger partial charge in [-0.15, -0.1) is 5.10 Å². The van der Waals surface area contributed by atoms with Gasteiger partial charge in [0.2, 0.25) is 5.88 Å². The second-order valence-electron chi connectivity index (χ2n) is 3.24. The van der Waals surface area contributed by atoms with Crippen LogP contribution in [0, 0.1) is 0 Å². The topological polar surface area (TPSA) is 61.0 Å². The van der Waals surface area contributed by atoms with Gasteiger partial charge in [0, 0.05) is 12.6 Å². The van der Waals surface area contributed by atoms with Crippen LogP contribution in [0.5, 0.6) is 5.88 Å². The van der Waals surface area contributed by atoms with Crippen molar-refractivity contribution >= 4 is 0 Å². The molecule has 0 atom stereocenters. The molecule has 13 heavy (non-hydrogen) atoms. The zero-order valence-electron chi connectivity index (χ0n) is 7.44. The van der Waals surface area contributed by atoms with Gasteiger partial charge in [-0.1, -0.05) is 0 Å². The third-order valence-corrected chi connectivity index (χ3v) is 2.24. The van der Waals surface area contributed by atoms with E-state index >= 15 is 0 Å².